The number of unbranched alkanes of at least 4 members (excludes halogenated alkanes) is 2. The van der Waals surface area contributed by atoms with Gasteiger partial charge < -0.3 is 4.79 Å². The number of benzene rings is 1. The van der Waals surface area contributed by atoms with E-state index in [1.165, 1.54) is 6.07 Å². The Morgan fingerprint density at radius 2 is 2.22 bits per heavy atom. The van der Waals surface area contributed by atoms with Crippen LogP contribution in [0.25, 0.3) is 0 Å². The molecule has 0 aliphatic carbocycles. The normalized spacial score (nSPS) is 10.4. The zero-order chi connectivity index (χ0) is 13.4. The summed E-state index contributed by atoms with van der Waals surface area (Å²) in [5.41, 5.74) is 3.49. The van der Waals surface area contributed by atoms with Gasteiger partial charge in [-0.1, -0.05) is 31.4 Å². The van der Waals surface area contributed by atoms with Crippen LogP contribution in [0.1, 0.15) is 31.7 Å². The third kappa shape index (κ3) is 4.63. The summed E-state index contributed by atoms with van der Waals surface area (Å²) in [7, 11) is 0. The van der Waals surface area contributed by atoms with Crippen LogP contribution in [0.15, 0.2) is 12.1 Å². The topological polar surface area (TPSA) is 38.3 Å². The Hall–Kier alpha value is -1.13. The maximum Gasteiger partial charge on any atom is 0.150 e. The molecule has 0 aliphatic heterocycles. The summed E-state index contributed by atoms with van der Waals surface area (Å²) in [5, 5.41) is 0.421. The van der Waals surface area contributed by atoms with E-state index >= 15 is 0 Å². The first-order valence-corrected chi connectivity index (χ1v) is 6.36. The fraction of sp³-hybridized carbons (Fsp3) is 0.462. The molecule has 0 amide bonds. The van der Waals surface area contributed by atoms with Crippen molar-refractivity contribution in [3.8, 4) is 0 Å². The standard InChI is InChI=1S/C13H17ClFNO2/c1-2-3-4-5-10-8-13(16-18-7-6-17)12(15)9-11(10)14/h6,8-9,16H,2-5,7H2,1H3. The smallest absolute Gasteiger partial charge is 0.150 e. The molecule has 18 heavy (non-hydrogen) atoms. The number of hydrogen-bond acceptors (Lipinski definition) is 3. The summed E-state index contributed by atoms with van der Waals surface area (Å²) in [6.07, 6.45) is 4.62. The van der Waals surface area contributed by atoms with Gasteiger partial charge in [-0.3, -0.25) is 10.3 Å². The second kappa shape index (κ2) is 8.06. The number of aryl methyl sites for hydroxylation is 1. The van der Waals surface area contributed by atoms with Gasteiger partial charge >= 0.3 is 0 Å². The van der Waals surface area contributed by atoms with E-state index in [-0.39, 0.29) is 12.3 Å². The molecule has 1 aromatic carbocycles. The predicted molar refractivity (Wildman–Crippen MR) is 70.3 cm³/mol. The molecule has 0 aromatic heterocycles. The molecule has 1 aromatic rings. The third-order valence-corrected chi connectivity index (χ3v) is 2.87. The van der Waals surface area contributed by atoms with Crippen molar-refractivity contribution in [1.82, 2.24) is 0 Å². The molecule has 0 saturated heterocycles. The van der Waals surface area contributed by atoms with Crippen molar-refractivity contribution in [2.75, 3.05) is 12.1 Å². The van der Waals surface area contributed by atoms with Crippen molar-refractivity contribution in [2.24, 2.45) is 0 Å². The van der Waals surface area contributed by atoms with E-state index in [9.17, 15) is 9.18 Å². The second-order valence-electron chi connectivity index (χ2n) is 3.96. The zero-order valence-electron chi connectivity index (χ0n) is 10.3. The first-order chi connectivity index (χ1) is 8.69. The van der Waals surface area contributed by atoms with Crippen LogP contribution < -0.4 is 5.48 Å². The van der Waals surface area contributed by atoms with Gasteiger partial charge in [-0.2, -0.15) is 0 Å². The zero-order valence-corrected chi connectivity index (χ0v) is 11.1. The molecule has 1 N–H and O–H groups in total. The van der Waals surface area contributed by atoms with Gasteiger partial charge in [-0.15, -0.1) is 0 Å². The molecule has 0 saturated carbocycles. The van der Waals surface area contributed by atoms with Crippen molar-refractivity contribution in [1.29, 1.82) is 0 Å². The Balaban J connectivity index is 2.71. The molecule has 100 valence electrons. The molecule has 5 heteroatoms. The molecule has 0 spiro atoms. The number of halogens is 2. The molecule has 0 radical (unpaired) electrons. The quantitative estimate of drug-likeness (QED) is 0.445. The molecule has 0 unspecified atom stereocenters. The molecule has 0 fully saturated rings. The molecule has 0 aliphatic rings. The van der Waals surface area contributed by atoms with Gasteiger partial charge in [0.1, 0.15) is 18.7 Å². The number of carbonyl (C=O) groups excluding carboxylic acids is 1. The number of nitrogens with one attached hydrogen (secondary N) is 1. The van der Waals surface area contributed by atoms with Crippen LogP contribution in [0, 0.1) is 5.82 Å². The number of hydrogen-bond donors (Lipinski definition) is 1. The van der Waals surface area contributed by atoms with Crippen LogP contribution >= 0.6 is 11.6 Å². The maximum atomic E-state index is 13.5. The average molecular weight is 274 g/mol. The molecule has 0 bridgehead atoms. The minimum absolute atomic E-state index is 0.132. The largest absolute Gasteiger partial charge is 0.301 e. The summed E-state index contributed by atoms with van der Waals surface area (Å²) < 4.78 is 13.5. The Kier molecular flexibility index (Phi) is 6.68. The average Bonchev–Trinajstić information content (AvgIpc) is 2.34. The molecule has 0 atom stereocenters. The van der Waals surface area contributed by atoms with Crippen LogP contribution in [-0.4, -0.2) is 12.9 Å². The van der Waals surface area contributed by atoms with E-state index < -0.39 is 5.82 Å². The summed E-state index contributed by atoms with van der Waals surface area (Å²) in [6.45, 7) is 1.99. The first-order valence-electron chi connectivity index (χ1n) is 5.98. The maximum absolute atomic E-state index is 13.5. The van der Waals surface area contributed by atoms with Crippen molar-refractivity contribution in [2.45, 2.75) is 32.6 Å². The Labute approximate surface area is 111 Å². The molecule has 3 nitrogen and oxygen atoms in total. The van der Waals surface area contributed by atoms with Gasteiger partial charge in [0.15, 0.2) is 0 Å². The highest BCUT2D eigenvalue weighted by Crippen LogP contribution is 2.25. The van der Waals surface area contributed by atoms with Gasteiger partial charge in [0, 0.05) is 5.02 Å². The molecular formula is C13H17ClFNO2. The Morgan fingerprint density at radius 1 is 1.44 bits per heavy atom. The fourth-order valence-corrected chi connectivity index (χ4v) is 1.83. The van der Waals surface area contributed by atoms with Crippen molar-refractivity contribution >= 4 is 23.6 Å². The van der Waals surface area contributed by atoms with Crippen LogP contribution in [0.3, 0.4) is 0 Å². The van der Waals surface area contributed by atoms with Crippen molar-refractivity contribution < 1.29 is 14.0 Å². The van der Waals surface area contributed by atoms with Crippen LogP contribution in [0.5, 0.6) is 0 Å². The van der Waals surface area contributed by atoms with Crippen LogP contribution in [0.2, 0.25) is 5.02 Å². The fourth-order valence-electron chi connectivity index (χ4n) is 1.58. The minimum Gasteiger partial charge on any atom is -0.301 e. The van der Waals surface area contributed by atoms with E-state index in [0.717, 1.165) is 31.2 Å². The summed E-state index contributed by atoms with van der Waals surface area (Å²) in [5.74, 6) is -0.495. The molecule has 1 rings (SSSR count). The summed E-state index contributed by atoms with van der Waals surface area (Å²) in [6, 6.07) is 2.88. The monoisotopic (exact) mass is 273 g/mol. The van der Waals surface area contributed by atoms with Gasteiger partial charge in [0.05, 0.1) is 5.69 Å². The van der Waals surface area contributed by atoms with E-state index in [0.29, 0.717) is 11.3 Å². The number of aldehydes is 1. The highest BCUT2D eigenvalue weighted by molar-refractivity contribution is 6.31. The van der Waals surface area contributed by atoms with Crippen LogP contribution in [0.4, 0.5) is 10.1 Å². The van der Waals surface area contributed by atoms with Crippen molar-refractivity contribution in [3.05, 3.63) is 28.5 Å². The van der Waals surface area contributed by atoms with E-state index in [2.05, 4.69) is 12.4 Å². The first kappa shape index (κ1) is 14.9. The molecule has 0 heterocycles. The lowest BCUT2D eigenvalue weighted by Gasteiger charge is -2.10. The number of anilines is 1. The second-order valence-corrected chi connectivity index (χ2v) is 4.37. The lowest BCUT2D eigenvalue weighted by atomic mass is 10.1. The lowest BCUT2D eigenvalue weighted by molar-refractivity contribution is -0.111. The highest BCUT2D eigenvalue weighted by atomic mass is 35.5. The van der Waals surface area contributed by atoms with E-state index in [1.54, 1.807) is 6.07 Å². The Morgan fingerprint density at radius 3 is 2.89 bits per heavy atom. The third-order valence-electron chi connectivity index (χ3n) is 2.52. The van der Waals surface area contributed by atoms with E-state index in [4.69, 9.17) is 16.4 Å². The van der Waals surface area contributed by atoms with Gasteiger partial charge in [0.25, 0.3) is 0 Å². The highest BCUT2D eigenvalue weighted by Gasteiger charge is 2.08. The van der Waals surface area contributed by atoms with Crippen molar-refractivity contribution in [3.63, 3.8) is 0 Å². The number of rotatable bonds is 8. The molecular weight excluding hydrogens is 257 g/mol. The minimum atomic E-state index is -0.495. The van der Waals surface area contributed by atoms with E-state index in [1.807, 2.05) is 0 Å². The van der Waals surface area contributed by atoms with Gasteiger partial charge in [-0.25, -0.2) is 4.39 Å². The lowest BCUT2D eigenvalue weighted by Crippen LogP contribution is -2.06. The summed E-state index contributed by atoms with van der Waals surface area (Å²) >= 11 is 5.98. The summed E-state index contributed by atoms with van der Waals surface area (Å²) in [4.78, 5) is 14.9. The van der Waals surface area contributed by atoms with Crippen LogP contribution in [-0.2, 0) is 16.1 Å². The predicted octanol–water partition coefficient (Wildman–Crippen LogP) is 3.75. The van der Waals surface area contributed by atoms with Gasteiger partial charge in [-0.05, 0) is 30.5 Å². The number of carbonyl (C=O) groups is 1. The Bertz CT molecular complexity index is 399. The SMILES string of the molecule is CCCCCc1cc(NOCC=O)c(F)cc1Cl. The van der Waals surface area contributed by atoms with Gasteiger partial charge in [0.2, 0.25) is 0 Å².